The normalized spacial score (nSPS) is 18.4. The van der Waals surface area contributed by atoms with E-state index in [1.807, 2.05) is 71.9 Å². The zero-order valence-electron chi connectivity index (χ0n) is 38.9. The van der Waals surface area contributed by atoms with E-state index >= 15 is 0 Å². The van der Waals surface area contributed by atoms with E-state index in [2.05, 4.69) is 10.6 Å². The molecule has 0 saturated carbocycles. The summed E-state index contributed by atoms with van der Waals surface area (Å²) >= 11 is 0. The van der Waals surface area contributed by atoms with E-state index in [-0.39, 0.29) is 42.4 Å². The Balaban J connectivity index is 2.31. The molecule has 1 aliphatic rings. The molecule has 2 rings (SSSR count). The number of carbonyl (C=O) groups is 6. The summed E-state index contributed by atoms with van der Waals surface area (Å²) in [6, 6.07) is 5.59. The lowest BCUT2D eigenvalue weighted by molar-refractivity contribution is -0.149. The minimum Gasteiger partial charge on any atom is -0.467 e. The molecule has 0 radical (unpaired) electrons. The molecule has 0 aromatic heterocycles. The molecule has 0 bridgehead atoms. The number of nitrogens with zero attached hydrogens (tertiary/aromatic N) is 3. The van der Waals surface area contributed by atoms with Gasteiger partial charge in [-0.1, -0.05) is 85.2 Å². The molecule has 1 aliphatic heterocycles. The molecule has 0 aliphatic carbocycles. The summed E-state index contributed by atoms with van der Waals surface area (Å²) in [5.74, 6) is -3.45. The molecule has 9 atom stereocenters. The minimum atomic E-state index is -0.944. The maximum Gasteiger partial charge on any atom is 0.410 e. The second-order valence-electron chi connectivity index (χ2n) is 17.9. The maximum absolute atomic E-state index is 14.5. The highest BCUT2D eigenvalue weighted by molar-refractivity contribution is 5.92. The number of esters is 1. The number of carbonyl (C=O) groups excluding carboxylic acids is 6. The number of hydrogen-bond donors (Lipinski definition) is 2. The average Bonchev–Trinajstić information content (AvgIpc) is 3.68. The molecule has 1 aromatic rings. The predicted molar refractivity (Wildman–Crippen MR) is 230 cm³/mol. The first kappa shape index (κ1) is 51.9. The molecule has 0 unspecified atom stereocenters. The Morgan fingerprint density at radius 3 is 1.97 bits per heavy atom. The van der Waals surface area contributed by atoms with Crippen molar-refractivity contribution in [2.45, 2.75) is 149 Å². The SMILES string of the molecule is CC[C@H](C)[C@@H]([C@@H](CC(=O)N1CCC[C@H]1[C@H](OC)[C@@H](C)C(=O)N[C@@H](Cc1ccccc1)C(=O)OC)OC)N(C)C(=O)[C@@H](NC(=O)[C@H](C(C)C)N(C)C(=O)OC(C)(C)C)C(C)C. The Hall–Kier alpha value is -4.24. The number of likely N-dealkylation sites (N-methyl/N-ethyl adjacent to an activating group) is 2. The van der Waals surface area contributed by atoms with Gasteiger partial charge in [-0.15, -0.1) is 0 Å². The van der Waals surface area contributed by atoms with Gasteiger partial charge in [0, 0.05) is 41.3 Å². The van der Waals surface area contributed by atoms with E-state index in [9.17, 15) is 28.8 Å². The van der Waals surface area contributed by atoms with Crippen molar-refractivity contribution in [1.82, 2.24) is 25.3 Å². The van der Waals surface area contributed by atoms with Crippen LogP contribution >= 0.6 is 0 Å². The van der Waals surface area contributed by atoms with Gasteiger partial charge in [0.25, 0.3) is 0 Å². The van der Waals surface area contributed by atoms with Gasteiger partial charge in [-0.3, -0.25) is 24.1 Å². The number of methoxy groups -OCH3 is 3. The van der Waals surface area contributed by atoms with Gasteiger partial charge in [0.2, 0.25) is 23.6 Å². The van der Waals surface area contributed by atoms with E-state index in [1.165, 1.54) is 33.3 Å². The van der Waals surface area contributed by atoms with Gasteiger partial charge < -0.3 is 39.4 Å². The van der Waals surface area contributed by atoms with Gasteiger partial charge in [-0.25, -0.2) is 9.59 Å². The Labute approximate surface area is 358 Å². The van der Waals surface area contributed by atoms with Gasteiger partial charge in [-0.05, 0) is 56.9 Å². The van der Waals surface area contributed by atoms with Crippen LogP contribution in [0.4, 0.5) is 4.79 Å². The first-order chi connectivity index (χ1) is 28.0. The molecule has 1 fully saturated rings. The van der Waals surface area contributed by atoms with Crippen LogP contribution in [0.3, 0.4) is 0 Å². The number of likely N-dealkylation sites (tertiary alicyclic amines) is 1. The molecular formula is C45H75N5O10. The highest BCUT2D eigenvalue weighted by Crippen LogP contribution is 2.30. The van der Waals surface area contributed by atoms with Gasteiger partial charge in [0.05, 0.1) is 43.7 Å². The van der Waals surface area contributed by atoms with E-state index < -0.39 is 77.8 Å². The molecule has 1 saturated heterocycles. The minimum absolute atomic E-state index is 0.0487. The number of ether oxygens (including phenoxy) is 4. The number of hydrogen-bond acceptors (Lipinski definition) is 10. The van der Waals surface area contributed by atoms with Crippen LogP contribution in [0.1, 0.15) is 100 Å². The van der Waals surface area contributed by atoms with E-state index in [0.717, 1.165) is 5.56 Å². The zero-order valence-corrected chi connectivity index (χ0v) is 38.9. The number of rotatable bonds is 21. The molecule has 1 heterocycles. The topological polar surface area (TPSA) is 173 Å². The molecule has 340 valence electrons. The van der Waals surface area contributed by atoms with Gasteiger partial charge >= 0.3 is 12.1 Å². The van der Waals surface area contributed by atoms with Crippen molar-refractivity contribution in [1.29, 1.82) is 0 Å². The standard InChI is InChI=1S/C45H75N5O10/c1-16-29(6)38(48(11)42(54)36(27(2)3)47-41(53)37(28(4)5)49(12)44(56)60-45(8,9)10)34(57-13)26-35(51)50-24-20-23-33(50)39(58-14)30(7)40(52)46-32(43(55)59-15)25-31-21-18-17-19-22-31/h17-19,21-22,27-30,32-34,36-39H,16,20,23-26H2,1-15H3,(H,46,52)(H,47,53)/t29-,30+,32-,33-,34+,36-,37-,38-,39+/m0/s1. The summed E-state index contributed by atoms with van der Waals surface area (Å²) in [6.45, 7) is 18.8. The van der Waals surface area contributed by atoms with Crippen molar-refractivity contribution in [3.8, 4) is 0 Å². The maximum atomic E-state index is 14.5. The molecular weight excluding hydrogens is 771 g/mol. The fourth-order valence-corrected chi connectivity index (χ4v) is 8.14. The highest BCUT2D eigenvalue weighted by Gasteiger charge is 2.44. The summed E-state index contributed by atoms with van der Waals surface area (Å²) < 4.78 is 22.5. The molecule has 5 amide bonds. The van der Waals surface area contributed by atoms with Crippen LogP contribution < -0.4 is 10.6 Å². The predicted octanol–water partition coefficient (Wildman–Crippen LogP) is 4.84. The fraction of sp³-hybridized carbons (Fsp3) is 0.733. The van der Waals surface area contributed by atoms with Crippen molar-refractivity contribution < 1.29 is 47.7 Å². The molecule has 2 N–H and O–H groups in total. The van der Waals surface area contributed by atoms with E-state index in [0.29, 0.717) is 25.8 Å². The summed E-state index contributed by atoms with van der Waals surface area (Å²) in [6.07, 6.45) is 0.136. The summed E-state index contributed by atoms with van der Waals surface area (Å²) in [4.78, 5) is 86.7. The van der Waals surface area contributed by atoms with Crippen LogP contribution in [0.5, 0.6) is 0 Å². The molecule has 15 nitrogen and oxygen atoms in total. The second-order valence-corrected chi connectivity index (χ2v) is 17.9. The van der Waals surface area contributed by atoms with Crippen molar-refractivity contribution in [3.05, 3.63) is 35.9 Å². The second kappa shape index (κ2) is 23.7. The van der Waals surface area contributed by atoms with Gasteiger partial charge in [0.1, 0.15) is 23.7 Å². The highest BCUT2D eigenvalue weighted by atomic mass is 16.6. The number of nitrogens with one attached hydrogen (secondary N) is 2. The Morgan fingerprint density at radius 1 is 0.850 bits per heavy atom. The molecule has 0 spiro atoms. The molecule has 15 heteroatoms. The summed E-state index contributed by atoms with van der Waals surface area (Å²) in [5.41, 5.74) is 0.0996. The first-order valence-electron chi connectivity index (χ1n) is 21.3. The lowest BCUT2D eigenvalue weighted by Gasteiger charge is -2.41. The first-order valence-corrected chi connectivity index (χ1v) is 21.3. The molecule has 1 aromatic carbocycles. The molecule has 60 heavy (non-hydrogen) atoms. The van der Waals surface area contributed by atoms with Crippen molar-refractivity contribution in [3.63, 3.8) is 0 Å². The van der Waals surface area contributed by atoms with Crippen LogP contribution in [0.25, 0.3) is 0 Å². The third-order valence-electron chi connectivity index (χ3n) is 11.6. The Kier molecular flexibility index (Phi) is 20.5. The van der Waals surface area contributed by atoms with E-state index in [1.54, 1.807) is 44.5 Å². The smallest absolute Gasteiger partial charge is 0.410 e. The van der Waals surface area contributed by atoms with Crippen molar-refractivity contribution in [2.75, 3.05) is 42.0 Å². The van der Waals surface area contributed by atoms with Gasteiger partial charge in [-0.2, -0.15) is 0 Å². The van der Waals surface area contributed by atoms with Gasteiger partial charge in [0.15, 0.2) is 0 Å². The van der Waals surface area contributed by atoms with Crippen LogP contribution in [-0.4, -0.2) is 140 Å². The third-order valence-corrected chi connectivity index (χ3v) is 11.6. The number of amides is 5. The average molecular weight is 846 g/mol. The Morgan fingerprint density at radius 2 is 1.47 bits per heavy atom. The fourth-order valence-electron chi connectivity index (χ4n) is 8.14. The van der Waals surface area contributed by atoms with Crippen LogP contribution in [-0.2, 0) is 49.3 Å². The van der Waals surface area contributed by atoms with Crippen LogP contribution in [0.15, 0.2) is 30.3 Å². The lowest BCUT2D eigenvalue weighted by atomic mass is 9.89. The summed E-state index contributed by atoms with van der Waals surface area (Å²) in [5, 5.41) is 5.79. The largest absolute Gasteiger partial charge is 0.467 e. The van der Waals surface area contributed by atoms with E-state index in [4.69, 9.17) is 18.9 Å². The quantitative estimate of drug-likeness (QED) is 0.163. The summed E-state index contributed by atoms with van der Waals surface area (Å²) in [7, 11) is 7.49. The van der Waals surface area contributed by atoms with Crippen molar-refractivity contribution >= 4 is 35.7 Å². The number of benzene rings is 1. The zero-order chi connectivity index (χ0) is 45.6. The van der Waals surface area contributed by atoms with Crippen molar-refractivity contribution in [2.24, 2.45) is 23.7 Å². The lowest BCUT2D eigenvalue weighted by Crippen LogP contribution is -2.60. The van der Waals surface area contributed by atoms with Crippen LogP contribution in [0, 0.1) is 23.7 Å². The Bertz CT molecular complexity index is 1570. The monoisotopic (exact) mass is 846 g/mol. The third kappa shape index (κ3) is 14.2. The van der Waals surface area contributed by atoms with Crippen LogP contribution in [0.2, 0.25) is 0 Å².